The summed E-state index contributed by atoms with van der Waals surface area (Å²) in [4.78, 5) is 11.7. The van der Waals surface area contributed by atoms with E-state index in [4.69, 9.17) is 15.6 Å². The molecule has 94 valence electrons. The van der Waals surface area contributed by atoms with Crippen LogP contribution in [0.4, 0.5) is 5.69 Å². The lowest BCUT2D eigenvalue weighted by Crippen LogP contribution is -2.27. The second kappa shape index (κ2) is 7.26. The molecule has 0 fully saturated rings. The quantitative estimate of drug-likeness (QED) is 0.535. The van der Waals surface area contributed by atoms with Crippen LogP contribution in [0.25, 0.3) is 0 Å². The Labute approximate surface area is 108 Å². The molecule has 0 aromatic heterocycles. The lowest BCUT2D eigenvalue weighted by molar-refractivity contribution is 0.0838. The number of aliphatic hydroxyl groups is 1. The van der Waals surface area contributed by atoms with Crippen molar-refractivity contribution in [3.8, 4) is 0 Å². The molecule has 0 bridgehead atoms. The number of nitrogens with two attached hydrogens (primary N) is 1. The van der Waals surface area contributed by atoms with Gasteiger partial charge in [-0.25, -0.2) is 0 Å². The third kappa shape index (κ3) is 5.16. The maximum absolute atomic E-state index is 11.7. The molecule has 0 saturated carbocycles. The summed E-state index contributed by atoms with van der Waals surface area (Å²) in [5, 5.41) is 11.2. The van der Waals surface area contributed by atoms with Crippen molar-refractivity contribution in [2.75, 3.05) is 32.1 Å². The van der Waals surface area contributed by atoms with Crippen molar-refractivity contribution in [2.45, 2.75) is 0 Å². The van der Waals surface area contributed by atoms with E-state index in [0.29, 0.717) is 24.4 Å². The number of nitrogens with one attached hydrogen (secondary N) is 1. The Morgan fingerprint density at radius 3 is 2.82 bits per heavy atom. The second-order valence-corrected chi connectivity index (χ2v) is 4.28. The number of rotatable bonds is 6. The normalized spacial score (nSPS) is 10.2. The maximum atomic E-state index is 11.7. The topological polar surface area (TPSA) is 84.6 Å². The van der Waals surface area contributed by atoms with Crippen LogP contribution in [0.3, 0.4) is 0 Å². The number of aliphatic hydroxyl groups excluding tert-OH is 1. The van der Waals surface area contributed by atoms with Gasteiger partial charge in [0.15, 0.2) is 0 Å². The molecular weight excluding hydrogens is 288 g/mol. The number of hydrogen-bond acceptors (Lipinski definition) is 4. The van der Waals surface area contributed by atoms with Crippen molar-refractivity contribution in [3.63, 3.8) is 0 Å². The number of anilines is 1. The van der Waals surface area contributed by atoms with Gasteiger partial charge in [-0.15, -0.1) is 0 Å². The number of amides is 1. The number of ether oxygens (including phenoxy) is 1. The highest BCUT2D eigenvalue weighted by Gasteiger charge is 2.06. The van der Waals surface area contributed by atoms with Gasteiger partial charge in [0, 0.05) is 22.3 Å². The molecule has 4 N–H and O–H groups in total. The molecule has 0 heterocycles. The van der Waals surface area contributed by atoms with Gasteiger partial charge in [0.2, 0.25) is 0 Å². The molecule has 0 spiro atoms. The molecule has 0 aliphatic rings. The van der Waals surface area contributed by atoms with E-state index >= 15 is 0 Å². The van der Waals surface area contributed by atoms with Crippen molar-refractivity contribution in [1.29, 1.82) is 0 Å². The van der Waals surface area contributed by atoms with Crippen molar-refractivity contribution in [2.24, 2.45) is 0 Å². The van der Waals surface area contributed by atoms with E-state index in [-0.39, 0.29) is 19.1 Å². The molecule has 5 nitrogen and oxygen atoms in total. The van der Waals surface area contributed by atoms with E-state index in [0.717, 1.165) is 4.47 Å². The van der Waals surface area contributed by atoms with Crippen LogP contribution < -0.4 is 11.1 Å². The van der Waals surface area contributed by atoms with Gasteiger partial charge >= 0.3 is 0 Å². The highest BCUT2D eigenvalue weighted by atomic mass is 79.9. The average molecular weight is 303 g/mol. The predicted octanol–water partition coefficient (Wildman–Crippen LogP) is 0.770. The number of benzene rings is 1. The van der Waals surface area contributed by atoms with Crippen molar-refractivity contribution in [3.05, 3.63) is 28.2 Å². The first kappa shape index (κ1) is 14.0. The fourth-order valence-corrected chi connectivity index (χ4v) is 1.76. The van der Waals surface area contributed by atoms with Crippen LogP contribution in [0, 0.1) is 0 Å². The predicted molar refractivity (Wildman–Crippen MR) is 68.8 cm³/mol. The van der Waals surface area contributed by atoms with E-state index < -0.39 is 0 Å². The fourth-order valence-electron chi connectivity index (χ4n) is 1.25. The zero-order chi connectivity index (χ0) is 12.7. The van der Waals surface area contributed by atoms with Gasteiger partial charge in [-0.2, -0.15) is 0 Å². The van der Waals surface area contributed by atoms with Gasteiger partial charge in [0.05, 0.1) is 19.8 Å². The van der Waals surface area contributed by atoms with Gasteiger partial charge in [0.25, 0.3) is 5.91 Å². The molecule has 17 heavy (non-hydrogen) atoms. The third-order valence-electron chi connectivity index (χ3n) is 1.95. The highest BCUT2D eigenvalue weighted by Crippen LogP contribution is 2.17. The van der Waals surface area contributed by atoms with Gasteiger partial charge < -0.3 is 20.9 Å². The van der Waals surface area contributed by atoms with Crippen LogP contribution in [0.2, 0.25) is 0 Å². The second-order valence-electron chi connectivity index (χ2n) is 3.37. The molecule has 0 saturated heterocycles. The summed E-state index contributed by atoms with van der Waals surface area (Å²) in [5.74, 6) is -0.203. The number of carbonyl (C=O) groups excluding carboxylic acids is 1. The number of carbonyl (C=O) groups is 1. The zero-order valence-corrected chi connectivity index (χ0v) is 10.9. The molecular formula is C11H15BrN2O3. The summed E-state index contributed by atoms with van der Waals surface area (Å²) in [6.07, 6.45) is 0. The zero-order valence-electron chi connectivity index (χ0n) is 9.28. The number of hydrogen-bond donors (Lipinski definition) is 3. The summed E-state index contributed by atoms with van der Waals surface area (Å²) < 4.78 is 5.78. The molecule has 0 aliphatic heterocycles. The van der Waals surface area contributed by atoms with Crippen LogP contribution in [0.5, 0.6) is 0 Å². The van der Waals surface area contributed by atoms with E-state index in [1.165, 1.54) is 0 Å². The smallest absolute Gasteiger partial charge is 0.251 e. The Morgan fingerprint density at radius 1 is 1.41 bits per heavy atom. The SMILES string of the molecule is Nc1cc(Br)cc(C(=O)NCCOCCO)c1. The van der Waals surface area contributed by atoms with Crippen molar-refractivity contribution >= 4 is 27.5 Å². The Morgan fingerprint density at radius 2 is 2.18 bits per heavy atom. The van der Waals surface area contributed by atoms with Gasteiger partial charge in [0.1, 0.15) is 0 Å². The standard InChI is InChI=1S/C11H15BrN2O3/c12-9-5-8(6-10(13)7-9)11(16)14-1-3-17-4-2-15/h5-7,15H,1-4,13H2,(H,14,16). The number of halogens is 1. The van der Waals surface area contributed by atoms with Gasteiger partial charge in [-0.1, -0.05) is 15.9 Å². The minimum atomic E-state index is -0.203. The summed E-state index contributed by atoms with van der Waals surface area (Å²) in [6.45, 7) is 1.02. The van der Waals surface area contributed by atoms with Crippen LogP contribution in [0.1, 0.15) is 10.4 Å². The molecule has 0 aliphatic carbocycles. The molecule has 6 heteroatoms. The summed E-state index contributed by atoms with van der Waals surface area (Å²) in [7, 11) is 0. The van der Waals surface area contributed by atoms with Crippen LogP contribution >= 0.6 is 15.9 Å². The van der Waals surface area contributed by atoms with E-state index in [1.807, 2.05) is 0 Å². The molecule has 0 radical (unpaired) electrons. The first-order valence-electron chi connectivity index (χ1n) is 5.16. The van der Waals surface area contributed by atoms with Crippen molar-refractivity contribution in [1.82, 2.24) is 5.32 Å². The van der Waals surface area contributed by atoms with Gasteiger partial charge in [-0.05, 0) is 18.2 Å². The van der Waals surface area contributed by atoms with Crippen LogP contribution in [0.15, 0.2) is 22.7 Å². The maximum Gasteiger partial charge on any atom is 0.251 e. The highest BCUT2D eigenvalue weighted by molar-refractivity contribution is 9.10. The molecule has 0 unspecified atom stereocenters. The Balaban J connectivity index is 2.41. The number of nitrogen functional groups attached to an aromatic ring is 1. The monoisotopic (exact) mass is 302 g/mol. The van der Waals surface area contributed by atoms with Crippen molar-refractivity contribution < 1.29 is 14.6 Å². The first-order chi connectivity index (χ1) is 8.13. The summed E-state index contributed by atoms with van der Waals surface area (Å²) >= 11 is 3.27. The summed E-state index contributed by atoms with van der Waals surface area (Å²) in [6, 6.07) is 5.02. The lowest BCUT2D eigenvalue weighted by atomic mass is 10.2. The van der Waals surface area contributed by atoms with Gasteiger partial charge in [-0.3, -0.25) is 4.79 Å². The third-order valence-corrected chi connectivity index (χ3v) is 2.41. The Hall–Kier alpha value is -1.11. The molecule has 1 rings (SSSR count). The van der Waals surface area contributed by atoms with E-state index in [1.54, 1.807) is 18.2 Å². The minimum Gasteiger partial charge on any atom is -0.399 e. The van der Waals surface area contributed by atoms with E-state index in [9.17, 15) is 4.79 Å². The average Bonchev–Trinajstić information content (AvgIpc) is 2.27. The molecule has 1 amide bonds. The minimum absolute atomic E-state index is 0.0177. The molecule has 1 aromatic rings. The Bertz CT molecular complexity index is 365. The molecule has 1 aromatic carbocycles. The largest absolute Gasteiger partial charge is 0.399 e. The summed E-state index contributed by atoms with van der Waals surface area (Å²) in [5.41, 5.74) is 6.66. The lowest BCUT2D eigenvalue weighted by Gasteiger charge is -2.06. The fraction of sp³-hybridized carbons (Fsp3) is 0.364. The first-order valence-corrected chi connectivity index (χ1v) is 5.95. The van der Waals surface area contributed by atoms with E-state index in [2.05, 4.69) is 21.2 Å². The Kier molecular flexibility index (Phi) is 5.96. The molecule has 0 atom stereocenters. The van der Waals surface area contributed by atoms with Crippen LogP contribution in [-0.4, -0.2) is 37.4 Å². The van der Waals surface area contributed by atoms with Crippen LogP contribution in [-0.2, 0) is 4.74 Å².